The van der Waals surface area contributed by atoms with Crippen LogP contribution in [0.5, 0.6) is 5.75 Å². The molecule has 0 spiro atoms. The van der Waals surface area contributed by atoms with Crippen molar-refractivity contribution in [2.75, 3.05) is 25.5 Å². The van der Waals surface area contributed by atoms with E-state index in [2.05, 4.69) is 24.5 Å². The van der Waals surface area contributed by atoms with E-state index in [1.807, 2.05) is 54.6 Å². The lowest BCUT2D eigenvalue weighted by atomic mass is 10.1. The van der Waals surface area contributed by atoms with Crippen LogP contribution in [0.2, 0.25) is 0 Å². The van der Waals surface area contributed by atoms with Crippen molar-refractivity contribution in [1.29, 1.82) is 0 Å². The second-order valence-corrected chi connectivity index (χ2v) is 8.74. The van der Waals surface area contributed by atoms with Crippen LogP contribution in [-0.4, -0.2) is 30.5 Å². The number of nitrogens with zero attached hydrogens (tertiary/aromatic N) is 1. The largest absolute Gasteiger partial charge is 1.00 e. The molecule has 0 saturated carbocycles. The average molecular weight is 542 g/mol. The number of quaternary nitrogens is 1. The Balaban J connectivity index is 0.00000289. The Kier molecular flexibility index (Phi) is 8.70. The lowest BCUT2D eigenvalue weighted by Gasteiger charge is -2.37. The molecule has 3 aromatic rings. The number of halogens is 1. The molecule has 1 aliphatic heterocycles. The molecule has 3 aromatic carbocycles. The van der Waals surface area contributed by atoms with Crippen molar-refractivity contribution in [3.63, 3.8) is 0 Å². The molecule has 0 unspecified atom stereocenters. The minimum absolute atomic E-state index is 0. The summed E-state index contributed by atoms with van der Waals surface area (Å²) in [7, 11) is 2.35. The maximum absolute atomic E-state index is 12.7. The van der Waals surface area contributed by atoms with Gasteiger partial charge >= 0.3 is 0 Å². The number of benzene rings is 3. The molecule has 1 aliphatic rings. The third-order valence-electron chi connectivity index (χ3n) is 6.02. The Morgan fingerprint density at radius 1 is 0.875 bits per heavy atom. The van der Waals surface area contributed by atoms with Gasteiger partial charge in [-0.1, -0.05) is 48.5 Å². The van der Waals surface area contributed by atoms with Gasteiger partial charge < -0.3 is 38.5 Å². The molecular formula is C27H31IN2O2. The Morgan fingerprint density at radius 2 is 1.59 bits per heavy atom. The molecule has 1 N–H and O–H groups in total. The third kappa shape index (κ3) is 6.81. The number of anilines is 1. The second kappa shape index (κ2) is 11.5. The van der Waals surface area contributed by atoms with Crippen molar-refractivity contribution in [1.82, 2.24) is 0 Å². The first kappa shape index (κ1) is 24.3. The van der Waals surface area contributed by atoms with E-state index in [0.717, 1.165) is 22.3 Å². The fourth-order valence-electron chi connectivity index (χ4n) is 4.24. The van der Waals surface area contributed by atoms with Crippen molar-refractivity contribution in [3.8, 4) is 5.75 Å². The normalized spacial score (nSPS) is 14.8. The summed E-state index contributed by atoms with van der Waals surface area (Å²) in [5, 5.41) is 3.00. The number of nitrogens with one attached hydrogen (secondary N) is 1. The van der Waals surface area contributed by atoms with Crippen molar-refractivity contribution in [3.05, 3.63) is 95.6 Å². The van der Waals surface area contributed by atoms with Crippen molar-refractivity contribution in [2.24, 2.45) is 0 Å². The maximum atomic E-state index is 12.7. The van der Waals surface area contributed by atoms with Gasteiger partial charge in [-0.2, -0.15) is 0 Å². The summed E-state index contributed by atoms with van der Waals surface area (Å²) in [6.07, 6.45) is 3.99. The van der Waals surface area contributed by atoms with Crippen LogP contribution in [0.15, 0.2) is 78.9 Å². The number of hydrogen-bond donors (Lipinski definition) is 1. The van der Waals surface area contributed by atoms with Gasteiger partial charge in [0.15, 0.2) is 0 Å². The smallest absolute Gasteiger partial charge is 0.255 e. The zero-order valence-electron chi connectivity index (χ0n) is 18.6. The highest BCUT2D eigenvalue weighted by molar-refractivity contribution is 6.04. The molecule has 0 atom stereocenters. The van der Waals surface area contributed by atoms with Crippen molar-refractivity contribution >= 4 is 11.6 Å². The maximum Gasteiger partial charge on any atom is 0.255 e. The Labute approximate surface area is 208 Å². The van der Waals surface area contributed by atoms with Crippen LogP contribution >= 0.6 is 0 Å². The fraction of sp³-hybridized carbons (Fsp3) is 0.296. The molecule has 1 fully saturated rings. The summed E-state index contributed by atoms with van der Waals surface area (Å²) >= 11 is 0. The average Bonchev–Trinajstić information content (AvgIpc) is 2.80. The number of carbonyl (C=O) groups excluding carboxylic acids is 1. The highest BCUT2D eigenvalue weighted by Gasteiger charge is 2.24. The molecule has 32 heavy (non-hydrogen) atoms. The van der Waals surface area contributed by atoms with Gasteiger partial charge in [-0.15, -0.1) is 0 Å². The van der Waals surface area contributed by atoms with Crippen LogP contribution < -0.4 is 34.0 Å². The van der Waals surface area contributed by atoms with Gasteiger partial charge in [0.1, 0.15) is 18.9 Å². The standard InChI is InChI=1S/C27H30N2O2.HI/c1-29(17-6-3-7-18-29)20-22-13-15-25(16-14-22)28-27(30)24-11-8-12-26(19-24)31-21-23-9-4-2-5-10-23;/h2,4-5,8-16,19H,3,6-7,17-18,20-21H2,1H3;1H. The molecule has 4 nitrogen and oxygen atoms in total. The predicted octanol–water partition coefficient (Wildman–Crippen LogP) is 2.65. The zero-order valence-corrected chi connectivity index (χ0v) is 20.8. The summed E-state index contributed by atoms with van der Waals surface area (Å²) < 4.78 is 6.96. The van der Waals surface area contributed by atoms with Crippen LogP contribution in [0.1, 0.15) is 40.7 Å². The first-order valence-corrected chi connectivity index (χ1v) is 11.1. The van der Waals surface area contributed by atoms with Gasteiger partial charge in [0.25, 0.3) is 5.91 Å². The Morgan fingerprint density at radius 3 is 2.31 bits per heavy atom. The second-order valence-electron chi connectivity index (χ2n) is 8.74. The van der Waals surface area contributed by atoms with E-state index >= 15 is 0 Å². The zero-order chi connectivity index (χ0) is 21.5. The predicted molar refractivity (Wildman–Crippen MR) is 125 cm³/mol. The molecule has 1 amide bonds. The quantitative estimate of drug-likeness (QED) is 0.369. The number of likely N-dealkylation sites (tertiary alicyclic amines) is 1. The van der Waals surface area contributed by atoms with E-state index in [1.54, 1.807) is 12.1 Å². The molecule has 1 heterocycles. The molecule has 4 rings (SSSR count). The minimum Gasteiger partial charge on any atom is -1.00 e. The molecule has 168 valence electrons. The Hall–Kier alpha value is -2.38. The van der Waals surface area contributed by atoms with E-state index < -0.39 is 0 Å². The monoisotopic (exact) mass is 542 g/mol. The number of piperidine rings is 1. The van der Waals surface area contributed by atoms with Crippen LogP contribution in [0.3, 0.4) is 0 Å². The van der Waals surface area contributed by atoms with Gasteiger partial charge in [0.05, 0.1) is 20.1 Å². The molecule has 0 radical (unpaired) electrons. The number of rotatable bonds is 7. The SMILES string of the molecule is C[N+]1(Cc2ccc(NC(=O)c3cccc(OCc4ccccc4)c3)cc2)CCCCC1.[I-]. The molecule has 1 saturated heterocycles. The topological polar surface area (TPSA) is 38.3 Å². The van der Waals surface area contributed by atoms with Crippen LogP contribution in [0.25, 0.3) is 0 Å². The number of hydrogen-bond acceptors (Lipinski definition) is 2. The lowest BCUT2D eigenvalue weighted by molar-refractivity contribution is -0.926. The van der Waals surface area contributed by atoms with Gasteiger partial charge in [0, 0.05) is 16.8 Å². The first-order valence-electron chi connectivity index (χ1n) is 11.1. The van der Waals surface area contributed by atoms with E-state index in [9.17, 15) is 4.79 Å². The highest BCUT2D eigenvalue weighted by atomic mass is 127. The van der Waals surface area contributed by atoms with Gasteiger partial charge in [-0.05, 0) is 55.2 Å². The summed E-state index contributed by atoms with van der Waals surface area (Å²) in [6.45, 7) is 4.03. The summed E-state index contributed by atoms with van der Waals surface area (Å²) in [5.41, 5.74) is 3.81. The molecule has 0 bridgehead atoms. The van der Waals surface area contributed by atoms with Crippen LogP contribution in [0, 0.1) is 0 Å². The highest BCUT2D eigenvalue weighted by Crippen LogP contribution is 2.22. The van der Waals surface area contributed by atoms with Crippen molar-refractivity contribution in [2.45, 2.75) is 32.4 Å². The molecular weight excluding hydrogens is 511 g/mol. The van der Waals surface area contributed by atoms with Crippen molar-refractivity contribution < 1.29 is 38.0 Å². The van der Waals surface area contributed by atoms with E-state index in [4.69, 9.17) is 4.74 Å². The third-order valence-corrected chi connectivity index (χ3v) is 6.02. The van der Waals surface area contributed by atoms with Crippen LogP contribution in [-0.2, 0) is 13.2 Å². The van der Waals surface area contributed by atoms with E-state index in [-0.39, 0.29) is 29.9 Å². The number of amides is 1. The van der Waals surface area contributed by atoms with Gasteiger partial charge in [-0.25, -0.2) is 0 Å². The van der Waals surface area contributed by atoms with Crippen LogP contribution in [0.4, 0.5) is 5.69 Å². The number of ether oxygens (including phenoxy) is 1. The molecule has 5 heteroatoms. The molecule has 0 aromatic heterocycles. The lowest BCUT2D eigenvalue weighted by Crippen LogP contribution is -3.00. The van der Waals surface area contributed by atoms with Gasteiger partial charge in [-0.3, -0.25) is 4.79 Å². The van der Waals surface area contributed by atoms with E-state index in [0.29, 0.717) is 17.9 Å². The first-order chi connectivity index (χ1) is 15.1. The Bertz CT molecular complexity index is 1000. The molecule has 0 aliphatic carbocycles. The summed E-state index contributed by atoms with van der Waals surface area (Å²) in [5.74, 6) is 0.554. The summed E-state index contributed by atoms with van der Waals surface area (Å²) in [4.78, 5) is 12.7. The van der Waals surface area contributed by atoms with E-state index in [1.165, 1.54) is 37.9 Å². The minimum atomic E-state index is -0.132. The summed E-state index contributed by atoms with van der Waals surface area (Å²) in [6, 6.07) is 25.6. The number of carbonyl (C=O) groups is 1. The fourth-order valence-corrected chi connectivity index (χ4v) is 4.24. The van der Waals surface area contributed by atoms with Gasteiger partial charge in [0.2, 0.25) is 0 Å².